The molecule has 0 spiro atoms. The Bertz CT molecular complexity index is 1050. The predicted octanol–water partition coefficient (Wildman–Crippen LogP) is 4.44. The van der Waals surface area contributed by atoms with Crippen LogP contribution in [0, 0.1) is 13.8 Å². The summed E-state index contributed by atoms with van der Waals surface area (Å²) in [6.07, 6.45) is 0. The fraction of sp³-hybridized carbons (Fsp3) is 0.346. The van der Waals surface area contributed by atoms with E-state index in [1.54, 1.807) is 13.2 Å². The fourth-order valence-electron chi connectivity index (χ4n) is 4.04. The Kier molecular flexibility index (Phi) is 6.81. The van der Waals surface area contributed by atoms with Crippen molar-refractivity contribution >= 4 is 5.91 Å². The molecule has 32 heavy (non-hydrogen) atoms. The van der Waals surface area contributed by atoms with Gasteiger partial charge < -0.3 is 18.8 Å². The summed E-state index contributed by atoms with van der Waals surface area (Å²) in [7, 11) is 1.68. The van der Waals surface area contributed by atoms with Crippen molar-refractivity contribution < 1.29 is 18.7 Å². The lowest BCUT2D eigenvalue weighted by atomic mass is 10.1. The minimum atomic E-state index is -0.0660. The Morgan fingerprint density at radius 3 is 2.41 bits per heavy atom. The van der Waals surface area contributed by atoms with E-state index < -0.39 is 0 Å². The molecule has 0 radical (unpaired) electrons. The molecule has 4 rings (SSSR count). The summed E-state index contributed by atoms with van der Waals surface area (Å²) in [5.41, 5.74) is 3.52. The minimum Gasteiger partial charge on any atom is -0.497 e. The smallest absolute Gasteiger partial charge is 0.289 e. The lowest BCUT2D eigenvalue weighted by molar-refractivity contribution is 0.0594. The largest absolute Gasteiger partial charge is 0.497 e. The average Bonchev–Trinajstić information content (AvgIpc) is 3.26. The van der Waals surface area contributed by atoms with E-state index in [9.17, 15) is 4.79 Å². The third-order valence-corrected chi connectivity index (χ3v) is 5.65. The lowest BCUT2D eigenvalue weighted by Crippen LogP contribution is -2.48. The molecule has 1 aliphatic rings. The first-order chi connectivity index (χ1) is 15.5. The van der Waals surface area contributed by atoms with Crippen LogP contribution in [0.1, 0.15) is 33.0 Å². The molecule has 6 nitrogen and oxygen atoms in total. The quantitative estimate of drug-likeness (QED) is 0.550. The number of carbonyl (C=O) groups is 1. The zero-order chi connectivity index (χ0) is 22.5. The first-order valence-corrected chi connectivity index (χ1v) is 10.9. The SMILES string of the molecule is COc1cccc(CN2CCN(C(=O)c3ccc(COc4cc(C)cc(C)c4)o3)CC2)c1. The molecular weight excluding hydrogens is 404 g/mol. The maximum atomic E-state index is 12.9. The van der Waals surface area contributed by atoms with E-state index in [0.717, 1.165) is 42.3 Å². The van der Waals surface area contributed by atoms with Gasteiger partial charge in [0.25, 0.3) is 5.91 Å². The monoisotopic (exact) mass is 434 g/mol. The molecule has 1 saturated heterocycles. The van der Waals surface area contributed by atoms with Gasteiger partial charge in [0.2, 0.25) is 0 Å². The van der Waals surface area contributed by atoms with Gasteiger partial charge in [0.05, 0.1) is 7.11 Å². The molecule has 2 aromatic carbocycles. The molecule has 0 bridgehead atoms. The number of piperazine rings is 1. The maximum Gasteiger partial charge on any atom is 0.289 e. The van der Waals surface area contributed by atoms with Crippen molar-refractivity contribution in [1.82, 2.24) is 9.80 Å². The van der Waals surface area contributed by atoms with Crippen molar-refractivity contribution in [3.63, 3.8) is 0 Å². The van der Waals surface area contributed by atoms with Crippen LogP contribution in [0.2, 0.25) is 0 Å². The van der Waals surface area contributed by atoms with Gasteiger partial charge in [-0.05, 0) is 66.9 Å². The highest BCUT2D eigenvalue weighted by Gasteiger charge is 2.24. The fourth-order valence-corrected chi connectivity index (χ4v) is 4.04. The Hall–Kier alpha value is -3.25. The highest BCUT2D eigenvalue weighted by atomic mass is 16.5. The molecule has 1 amide bonds. The van der Waals surface area contributed by atoms with E-state index in [4.69, 9.17) is 13.9 Å². The summed E-state index contributed by atoms with van der Waals surface area (Å²) < 4.78 is 16.9. The Balaban J connectivity index is 1.28. The van der Waals surface area contributed by atoms with Crippen molar-refractivity contribution in [2.24, 2.45) is 0 Å². The summed E-state index contributed by atoms with van der Waals surface area (Å²) in [5, 5.41) is 0. The number of rotatable bonds is 7. The molecule has 1 fully saturated rings. The van der Waals surface area contributed by atoms with Crippen LogP contribution in [0.3, 0.4) is 0 Å². The number of benzene rings is 2. The molecule has 0 aliphatic carbocycles. The third kappa shape index (κ3) is 5.51. The van der Waals surface area contributed by atoms with Crippen LogP contribution < -0.4 is 9.47 Å². The summed E-state index contributed by atoms with van der Waals surface area (Å²) in [4.78, 5) is 17.1. The van der Waals surface area contributed by atoms with E-state index in [-0.39, 0.29) is 5.91 Å². The Labute approximate surface area is 189 Å². The van der Waals surface area contributed by atoms with Gasteiger partial charge in [0.1, 0.15) is 23.9 Å². The molecule has 6 heteroatoms. The van der Waals surface area contributed by atoms with Crippen molar-refractivity contribution in [3.05, 3.63) is 82.8 Å². The second-order valence-electron chi connectivity index (χ2n) is 8.30. The molecule has 0 saturated carbocycles. The first-order valence-electron chi connectivity index (χ1n) is 10.9. The van der Waals surface area contributed by atoms with Gasteiger partial charge in [-0.15, -0.1) is 0 Å². The van der Waals surface area contributed by atoms with E-state index >= 15 is 0 Å². The van der Waals surface area contributed by atoms with Crippen molar-refractivity contribution in [2.75, 3.05) is 33.3 Å². The number of furan rings is 1. The van der Waals surface area contributed by atoms with Crippen LogP contribution in [0.4, 0.5) is 0 Å². The summed E-state index contributed by atoms with van der Waals surface area (Å²) in [6, 6.07) is 17.8. The zero-order valence-electron chi connectivity index (χ0n) is 19.0. The lowest BCUT2D eigenvalue weighted by Gasteiger charge is -2.34. The number of hydrogen-bond acceptors (Lipinski definition) is 5. The van der Waals surface area contributed by atoms with Crippen molar-refractivity contribution in [1.29, 1.82) is 0 Å². The second kappa shape index (κ2) is 9.92. The summed E-state index contributed by atoms with van der Waals surface area (Å²) in [5.74, 6) is 2.61. The number of amides is 1. The minimum absolute atomic E-state index is 0.0660. The average molecular weight is 435 g/mol. The number of nitrogens with zero attached hydrogens (tertiary/aromatic N) is 2. The van der Waals surface area contributed by atoms with Gasteiger partial charge in [0, 0.05) is 32.7 Å². The van der Waals surface area contributed by atoms with Crippen molar-refractivity contribution in [2.45, 2.75) is 27.0 Å². The molecule has 0 N–H and O–H groups in total. The predicted molar refractivity (Wildman–Crippen MR) is 123 cm³/mol. The van der Waals surface area contributed by atoms with Crippen molar-refractivity contribution in [3.8, 4) is 11.5 Å². The Morgan fingerprint density at radius 1 is 0.938 bits per heavy atom. The second-order valence-corrected chi connectivity index (χ2v) is 8.30. The van der Waals surface area contributed by atoms with E-state index in [1.165, 1.54) is 5.56 Å². The molecular formula is C26H30N2O4. The summed E-state index contributed by atoms with van der Waals surface area (Å²) in [6.45, 7) is 8.23. The molecule has 3 aromatic rings. The molecule has 168 valence electrons. The number of ether oxygens (including phenoxy) is 2. The van der Waals surface area contributed by atoms with Crippen LogP contribution in [-0.4, -0.2) is 49.0 Å². The topological polar surface area (TPSA) is 55.2 Å². The van der Waals surface area contributed by atoms with Gasteiger partial charge in [-0.3, -0.25) is 9.69 Å². The van der Waals surface area contributed by atoms with Crippen LogP contribution in [0.15, 0.2) is 59.0 Å². The number of hydrogen-bond donors (Lipinski definition) is 0. The van der Waals surface area contributed by atoms with Gasteiger partial charge >= 0.3 is 0 Å². The zero-order valence-corrected chi connectivity index (χ0v) is 19.0. The van der Waals surface area contributed by atoms with Gasteiger partial charge in [-0.25, -0.2) is 0 Å². The van der Waals surface area contributed by atoms with E-state index in [1.807, 2.05) is 49.1 Å². The first kappa shape index (κ1) is 22.0. The molecule has 1 aliphatic heterocycles. The van der Waals surface area contributed by atoms with Crippen LogP contribution in [0.25, 0.3) is 0 Å². The highest BCUT2D eigenvalue weighted by molar-refractivity contribution is 5.91. The number of carbonyl (C=O) groups excluding carboxylic acids is 1. The molecule has 2 heterocycles. The van der Waals surface area contributed by atoms with E-state index in [0.29, 0.717) is 31.2 Å². The van der Waals surface area contributed by atoms with Crippen LogP contribution in [0.5, 0.6) is 11.5 Å². The molecule has 0 atom stereocenters. The van der Waals surface area contributed by atoms with Crippen LogP contribution >= 0.6 is 0 Å². The van der Waals surface area contributed by atoms with E-state index in [2.05, 4.69) is 23.1 Å². The standard InChI is InChI=1S/C26H30N2O4/c1-19-13-20(2)15-24(14-19)31-18-23-7-8-25(32-23)26(29)28-11-9-27(10-12-28)17-21-5-4-6-22(16-21)30-3/h4-8,13-16H,9-12,17-18H2,1-3H3. The van der Waals surface area contributed by atoms with Gasteiger partial charge in [0.15, 0.2) is 5.76 Å². The van der Waals surface area contributed by atoms with Crippen LogP contribution in [-0.2, 0) is 13.2 Å². The normalized spacial score (nSPS) is 14.4. The van der Waals surface area contributed by atoms with Gasteiger partial charge in [-0.2, -0.15) is 0 Å². The molecule has 0 unspecified atom stereocenters. The Morgan fingerprint density at radius 2 is 1.69 bits per heavy atom. The van der Waals surface area contributed by atoms with Gasteiger partial charge in [-0.1, -0.05) is 18.2 Å². The number of methoxy groups -OCH3 is 1. The highest BCUT2D eigenvalue weighted by Crippen LogP contribution is 2.20. The summed E-state index contributed by atoms with van der Waals surface area (Å²) >= 11 is 0. The molecule has 1 aromatic heterocycles. The maximum absolute atomic E-state index is 12.9. The number of aryl methyl sites for hydroxylation is 2. The third-order valence-electron chi connectivity index (χ3n) is 5.65.